The fourth-order valence-electron chi connectivity index (χ4n) is 2.88. The number of hydrogen-bond acceptors (Lipinski definition) is 4. The first kappa shape index (κ1) is 13.5. The van der Waals surface area contributed by atoms with E-state index in [1.54, 1.807) is 24.3 Å². The number of nitrogens with one attached hydrogen (secondary N) is 1. The SMILES string of the molecule is O=C(O)c1c(C2=CC=CON2)ccc2c1Cc1ccccc1O2. The molecule has 2 N–H and O–H groups in total. The molecule has 23 heavy (non-hydrogen) atoms. The number of carboxylic acid groups (broad SMARTS) is 1. The highest BCUT2D eigenvalue weighted by Gasteiger charge is 2.26. The molecule has 2 aromatic carbocycles. The van der Waals surface area contributed by atoms with Crippen molar-refractivity contribution in [3.8, 4) is 11.5 Å². The van der Waals surface area contributed by atoms with E-state index in [1.165, 1.54) is 6.26 Å². The Morgan fingerprint density at radius 1 is 1.13 bits per heavy atom. The van der Waals surface area contributed by atoms with Crippen LogP contribution in [0.5, 0.6) is 11.5 Å². The van der Waals surface area contributed by atoms with Gasteiger partial charge in [-0.15, -0.1) is 0 Å². The third-order valence-electron chi connectivity index (χ3n) is 3.91. The van der Waals surface area contributed by atoms with Crippen molar-refractivity contribution in [2.45, 2.75) is 6.42 Å². The van der Waals surface area contributed by atoms with Crippen LogP contribution < -0.4 is 10.2 Å². The van der Waals surface area contributed by atoms with Gasteiger partial charge in [0.05, 0.1) is 11.3 Å². The normalized spacial score (nSPS) is 14.5. The van der Waals surface area contributed by atoms with Crippen molar-refractivity contribution < 1.29 is 19.5 Å². The molecule has 0 saturated heterocycles. The van der Waals surface area contributed by atoms with Gasteiger partial charge in [0.15, 0.2) is 0 Å². The van der Waals surface area contributed by atoms with Crippen molar-refractivity contribution in [3.05, 3.63) is 77.1 Å². The molecule has 5 nitrogen and oxygen atoms in total. The molecule has 4 rings (SSSR count). The first-order valence-electron chi connectivity index (χ1n) is 7.18. The summed E-state index contributed by atoms with van der Waals surface area (Å²) in [5, 5.41) is 9.73. The average Bonchev–Trinajstić information content (AvgIpc) is 2.59. The van der Waals surface area contributed by atoms with Crippen molar-refractivity contribution in [2.24, 2.45) is 0 Å². The van der Waals surface area contributed by atoms with Crippen LogP contribution in [0, 0.1) is 0 Å². The van der Waals surface area contributed by atoms with Crippen LogP contribution in [0.1, 0.15) is 27.0 Å². The second-order valence-corrected chi connectivity index (χ2v) is 5.29. The number of rotatable bonds is 2. The predicted octanol–water partition coefficient (Wildman–Crippen LogP) is 3.47. The highest BCUT2D eigenvalue weighted by atomic mass is 16.6. The van der Waals surface area contributed by atoms with E-state index in [1.807, 2.05) is 24.3 Å². The van der Waals surface area contributed by atoms with Crippen molar-refractivity contribution in [1.29, 1.82) is 0 Å². The molecule has 2 heterocycles. The Kier molecular flexibility index (Phi) is 3.05. The molecular weight excluding hydrogens is 294 g/mol. The summed E-state index contributed by atoms with van der Waals surface area (Å²) in [5.41, 5.74) is 5.78. The van der Waals surface area contributed by atoms with E-state index < -0.39 is 5.97 Å². The van der Waals surface area contributed by atoms with Crippen molar-refractivity contribution in [3.63, 3.8) is 0 Å². The second-order valence-electron chi connectivity index (χ2n) is 5.29. The third-order valence-corrected chi connectivity index (χ3v) is 3.91. The smallest absolute Gasteiger partial charge is 0.336 e. The minimum atomic E-state index is -0.989. The first-order valence-corrected chi connectivity index (χ1v) is 7.18. The molecule has 2 aliphatic rings. The Hall–Kier alpha value is -3.21. The number of hydrogen-bond donors (Lipinski definition) is 2. The molecular formula is C18H13NO4. The van der Waals surface area contributed by atoms with Crippen molar-refractivity contribution >= 4 is 11.7 Å². The first-order chi connectivity index (χ1) is 11.2. The Morgan fingerprint density at radius 2 is 2.00 bits per heavy atom. The largest absolute Gasteiger partial charge is 0.478 e. The predicted molar refractivity (Wildman–Crippen MR) is 84.1 cm³/mol. The number of carbonyl (C=O) groups is 1. The number of benzene rings is 2. The molecule has 0 aromatic heterocycles. The molecule has 0 saturated carbocycles. The van der Waals surface area contributed by atoms with Crippen LogP contribution >= 0.6 is 0 Å². The quantitative estimate of drug-likeness (QED) is 0.759. The van der Waals surface area contributed by atoms with E-state index in [0.717, 1.165) is 11.3 Å². The minimum absolute atomic E-state index is 0.231. The Balaban J connectivity index is 1.88. The van der Waals surface area contributed by atoms with Gasteiger partial charge in [0.25, 0.3) is 0 Å². The topological polar surface area (TPSA) is 67.8 Å². The summed E-state index contributed by atoms with van der Waals surface area (Å²) in [6.07, 6.45) is 5.49. The number of para-hydroxylation sites is 1. The maximum absolute atomic E-state index is 11.9. The van der Waals surface area contributed by atoms with Gasteiger partial charge in [0, 0.05) is 17.5 Å². The zero-order valence-corrected chi connectivity index (χ0v) is 12.1. The number of carboxylic acids is 1. The third kappa shape index (κ3) is 2.23. The van der Waals surface area contributed by atoms with E-state index >= 15 is 0 Å². The number of aromatic carboxylic acids is 1. The van der Waals surface area contributed by atoms with E-state index in [-0.39, 0.29) is 5.56 Å². The molecule has 0 fully saturated rings. The van der Waals surface area contributed by atoms with Crippen LogP contribution in [-0.4, -0.2) is 11.1 Å². The highest BCUT2D eigenvalue weighted by Crippen LogP contribution is 2.40. The maximum atomic E-state index is 11.9. The van der Waals surface area contributed by atoms with Crippen LogP contribution in [0.2, 0.25) is 0 Å². The molecule has 0 radical (unpaired) electrons. The number of hydroxylamine groups is 1. The Labute approximate surface area is 132 Å². The fourth-order valence-corrected chi connectivity index (χ4v) is 2.88. The number of ether oxygens (including phenoxy) is 1. The van der Waals surface area contributed by atoms with Crippen LogP contribution in [0.3, 0.4) is 0 Å². The lowest BCUT2D eigenvalue weighted by molar-refractivity contribution is 0.0694. The fraction of sp³-hybridized carbons (Fsp3) is 0.0556. The summed E-state index contributed by atoms with van der Waals surface area (Å²) in [5.74, 6) is 0.361. The molecule has 0 atom stereocenters. The second kappa shape index (κ2) is 5.21. The van der Waals surface area contributed by atoms with Crippen LogP contribution in [-0.2, 0) is 11.3 Å². The van der Waals surface area contributed by atoms with Crippen molar-refractivity contribution in [1.82, 2.24) is 5.48 Å². The lowest BCUT2D eigenvalue weighted by Gasteiger charge is -2.24. The lowest BCUT2D eigenvalue weighted by Crippen LogP contribution is -2.18. The van der Waals surface area contributed by atoms with Gasteiger partial charge in [0.1, 0.15) is 17.8 Å². The van der Waals surface area contributed by atoms with Crippen molar-refractivity contribution in [2.75, 3.05) is 0 Å². The minimum Gasteiger partial charge on any atom is -0.478 e. The summed E-state index contributed by atoms with van der Waals surface area (Å²) in [4.78, 5) is 16.9. The van der Waals surface area contributed by atoms with Crippen LogP contribution in [0.15, 0.2) is 54.8 Å². The molecule has 2 aliphatic heterocycles. The van der Waals surface area contributed by atoms with E-state index in [2.05, 4.69) is 5.48 Å². The monoisotopic (exact) mass is 307 g/mol. The molecule has 2 aromatic rings. The maximum Gasteiger partial charge on any atom is 0.336 e. The molecule has 5 heteroatoms. The van der Waals surface area contributed by atoms with E-state index in [0.29, 0.717) is 29.0 Å². The highest BCUT2D eigenvalue weighted by molar-refractivity contribution is 5.97. The zero-order chi connectivity index (χ0) is 15.8. The van der Waals surface area contributed by atoms with Gasteiger partial charge < -0.3 is 14.7 Å². The number of allylic oxidation sites excluding steroid dienone is 2. The van der Waals surface area contributed by atoms with E-state index in [4.69, 9.17) is 9.57 Å². The summed E-state index contributed by atoms with van der Waals surface area (Å²) in [7, 11) is 0. The van der Waals surface area contributed by atoms with Gasteiger partial charge in [0.2, 0.25) is 0 Å². The lowest BCUT2D eigenvalue weighted by atomic mass is 9.91. The van der Waals surface area contributed by atoms with Crippen LogP contribution in [0.25, 0.3) is 5.70 Å². The van der Waals surface area contributed by atoms with Gasteiger partial charge >= 0.3 is 5.97 Å². The van der Waals surface area contributed by atoms with Gasteiger partial charge in [-0.25, -0.2) is 10.3 Å². The Morgan fingerprint density at radius 3 is 2.78 bits per heavy atom. The summed E-state index contributed by atoms with van der Waals surface area (Å²) in [6.45, 7) is 0. The van der Waals surface area contributed by atoms with Gasteiger partial charge in [-0.1, -0.05) is 18.2 Å². The van der Waals surface area contributed by atoms with E-state index in [9.17, 15) is 9.90 Å². The number of fused-ring (bicyclic) bond motifs is 2. The summed E-state index contributed by atoms with van der Waals surface area (Å²) < 4.78 is 5.86. The average molecular weight is 307 g/mol. The zero-order valence-electron chi connectivity index (χ0n) is 12.1. The molecule has 114 valence electrons. The Bertz CT molecular complexity index is 867. The molecule has 0 aliphatic carbocycles. The molecule has 0 spiro atoms. The molecule has 0 amide bonds. The molecule has 0 bridgehead atoms. The van der Waals surface area contributed by atoms with Gasteiger partial charge in [-0.3, -0.25) is 0 Å². The standard InChI is InChI=1S/C18H13NO4/c20-18(21)17-12(14-5-3-9-22-19-14)7-8-16-13(17)10-11-4-1-2-6-15(11)23-16/h1-9,19H,10H2,(H,20,21). The van der Waals surface area contributed by atoms with Gasteiger partial charge in [-0.05, 0) is 35.9 Å². The molecule has 0 unspecified atom stereocenters. The summed E-state index contributed by atoms with van der Waals surface area (Å²) in [6, 6.07) is 11.2. The summed E-state index contributed by atoms with van der Waals surface area (Å²) >= 11 is 0. The van der Waals surface area contributed by atoms with Gasteiger partial charge in [-0.2, -0.15) is 0 Å². The van der Waals surface area contributed by atoms with Crippen LogP contribution in [0.4, 0.5) is 0 Å².